The van der Waals surface area contributed by atoms with Crippen molar-refractivity contribution in [2.75, 3.05) is 19.1 Å². The number of carbonyl (C=O) groups excluding carboxylic acids is 2. The van der Waals surface area contributed by atoms with Crippen molar-refractivity contribution in [1.82, 2.24) is 19.7 Å². The fourth-order valence-electron chi connectivity index (χ4n) is 3.12. The van der Waals surface area contributed by atoms with Crippen molar-refractivity contribution in [2.24, 2.45) is 0 Å². The minimum Gasteiger partial charge on any atom is -0.491 e. The lowest BCUT2D eigenvalue weighted by Crippen LogP contribution is -2.29. The van der Waals surface area contributed by atoms with E-state index >= 15 is 0 Å². The second kappa shape index (κ2) is 7.38. The van der Waals surface area contributed by atoms with Gasteiger partial charge in [0.15, 0.2) is 5.75 Å². The predicted molar refractivity (Wildman–Crippen MR) is 100.0 cm³/mol. The van der Waals surface area contributed by atoms with Crippen LogP contribution in [0.3, 0.4) is 0 Å². The zero-order valence-electron chi connectivity index (χ0n) is 16.2. The molecule has 3 aromatic rings. The highest BCUT2D eigenvalue weighted by molar-refractivity contribution is 6.33. The molecule has 1 aliphatic rings. The molecule has 9 nitrogen and oxygen atoms in total. The Morgan fingerprint density at radius 2 is 1.84 bits per heavy atom. The highest BCUT2D eigenvalue weighted by atomic mass is 19.4. The molecule has 0 aromatic carbocycles. The van der Waals surface area contributed by atoms with Crippen LogP contribution in [-0.2, 0) is 6.54 Å². The monoisotopic (exact) mass is 433 g/mol. The summed E-state index contributed by atoms with van der Waals surface area (Å²) in [7, 11) is 2.88. The zero-order chi connectivity index (χ0) is 22.3. The normalized spacial score (nSPS) is 13.5. The molecule has 3 aromatic heterocycles. The summed E-state index contributed by atoms with van der Waals surface area (Å²) >= 11 is 0. The molecule has 0 aliphatic carbocycles. The Labute approximate surface area is 173 Å². The number of pyridine rings is 2. The number of hydrogen-bond donors (Lipinski definition) is 0. The van der Waals surface area contributed by atoms with E-state index in [4.69, 9.17) is 9.47 Å². The molecule has 0 radical (unpaired) electrons. The first kappa shape index (κ1) is 20.3. The molecule has 31 heavy (non-hydrogen) atoms. The average Bonchev–Trinajstić information content (AvgIpc) is 3.27. The number of anilines is 1. The Hall–Kier alpha value is -3.96. The van der Waals surface area contributed by atoms with E-state index in [9.17, 15) is 22.8 Å². The molecule has 0 saturated carbocycles. The van der Waals surface area contributed by atoms with Gasteiger partial charge in [-0.15, -0.1) is 0 Å². The summed E-state index contributed by atoms with van der Waals surface area (Å²) in [5.41, 5.74) is 0.693. The van der Waals surface area contributed by atoms with E-state index in [0.29, 0.717) is 21.7 Å². The summed E-state index contributed by atoms with van der Waals surface area (Å²) in [5, 5.41) is 3.57. The van der Waals surface area contributed by atoms with Gasteiger partial charge in [-0.3, -0.25) is 14.3 Å². The Balaban J connectivity index is 1.67. The van der Waals surface area contributed by atoms with Gasteiger partial charge in [0.25, 0.3) is 17.7 Å². The molecule has 0 saturated heterocycles. The number of nitrogens with zero attached hydrogens (tertiary/aromatic N) is 5. The summed E-state index contributed by atoms with van der Waals surface area (Å²) in [6.07, 6.45) is -1.02. The number of halogens is 3. The minimum absolute atomic E-state index is 0.0331. The molecule has 0 atom stereocenters. The lowest BCUT2D eigenvalue weighted by atomic mass is 10.1. The maximum Gasteiger partial charge on any atom is 0.408 e. The second-order valence-electron chi connectivity index (χ2n) is 6.49. The summed E-state index contributed by atoms with van der Waals surface area (Å²) < 4.78 is 48.6. The molecule has 160 valence electrons. The zero-order valence-corrected chi connectivity index (χ0v) is 16.2. The van der Waals surface area contributed by atoms with Crippen molar-refractivity contribution in [3.63, 3.8) is 0 Å². The van der Waals surface area contributed by atoms with Crippen molar-refractivity contribution >= 4 is 17.5 Å². The first-order valence-electron chi connectivity index (χ1n) is 8.79. The van der Waals surface area contributed by atoms with Gasteiger partial charge in [-0.2, -0.15) is 18.3 Å². The Kier molecular flexibility index (Phi) is 4.84. The van der Waals surface area contributed by atoms with Crippen molar-refractivity contribution in [2.45, 2.75) is 12.7 Å². The summed E-state index contributed by atoms with van der Waals surface area (Å²) in [4.78, 5) is 34.7. The average molecular weight is 433 g/mol. The van der Waals surface area contributed by atoms with Crippen LogP contribution in [0.15, 0.2) is 36.8 Å². The van der Waals surface area contributed by atoms with Crippen molar-refractivity contribution in [3.8, 4) is 22.9 Å². The van der Waals surface area contributed by atoms with Gasteiger partial charge in [-0.1, -0.05) is 0 Å². The number of amides is 2. The van der Waals surface area contributed by atoms with E-state index in [-0.39, 0.29) is 22.8 Å². The first-order valence-corrected chi connectivity index (χ1v) is 8.79. The standard InChI is InChI=1S/C19H14F3N5O4/c1-30-14-5-10(6-23-16(14)31-2)13-4-3-12-15(25-13)18(29)27(17(12)28)11-7-24-26(8-11)9-19(20,21)22/h3-8H,9H2,1-2H3. The smallest absolute Gasteiger partial charge is 0.408 e. The molecule has 2 amide bonds. The number of rotatable bonds is 5. The van der Waals surface area contributed by atoms with Crippen LogP contribution < -0.4 is 14.4 Å². The van der Waals surface area contributed by atoms with Crippen LogP contribution in [0.5, 0.6) is 11.6 Å². The van der Waals surface area contributed by atoms with Crippen LogP contribution >= 0.6 is 0 Å². The third kappa shape index (κ3) is 3.67. The van der Waals surface area contributed by atoms with Crippen LogP contribution in [0.4, 0.5) is 18.9 Å². The fourth-order valence-corrected chi connectivity index (χ4v) is 3.12. The first-order chi connectivity index (χ1) is 14.7. The largest absolute Gasteiger partial charge is 0.491 e. The number of fused-ring (bicyclic) bond motifs is 1. The number of aromatic nitrogens is 4. The van der Waals surface area contributed by atoms with Crippen LogP contribution in [0.25, 0.3) is 11.3 Å². The van der Waals surface area contributed by atoms with Gasteiger partial charge in [-0.05, 0) is 18.2 Å². The SMILES string of the molecule is COc1cc(-c2ccc3c(n2)C(=O)N(c2cnn(CC(F)(F)F)c2)C3=O)cnc1OC. The summed E-state index contributed by atoms with van der Waals surface area (Å²) in [6.45, 7) is -1.34. The van der Waals surface area contributed by atoms with Gasteiger partial charge < -0.3 is 9.47 Å². The molecule has 1 aliphatic heterocycles. The molecular formula is C19H14F3N5O4. The highest BCUT2D eigenvalue weighted by Crippen LogP contribution is 2.32. The van der Waals surface area contributed by atoms with E-state index in [1.54, 1.807) is 6.07 Å². The molecule has 0 spiro atoms. The van der Waals surface area contributed by atoms with E-state index in [0.717, 1.165) is 17.3 Å². The van der Waals surface area contributed by atoms with Gasteiger partial charge >= 0.3 is 6.18 Å². The van der Waals surface area contributed by atoms with E-state index in [2.05, 4.69) is 15.1 Å². The van der Waals surface area contributed by atoms with Gasteiger partial charge in [0.2, 0.25) is 0 Å². The van der Waals surface area contributed by atoms with Crippen LogP contribution in [0.1, 0.15) is 20.8 Å². The number of alkyl halides is 3. The highest BCUT2D eigenvalue weighted by Gasteiger charge is 2.39. The number of methoxy groups -OCH3 is 2. The molecule has 4 rings (SSSR count). The maximum absolute atomic E-state index is 12.8. The molecule has 0 unspecified atom stereocenters. The van der Waals surface area contributed by atoms with Gasteiger partial charge in [0.1, 0.15) is 12.2 Å². The third-order valence-electron chi connectivity index (χ3n) is 4.48. The van der Waals surface area contributed by atoms with E-state index in [1.807, 2.05) is 0 Å². The third-order valence-corrected chi connectivity index (χ3v) is 4.48. The van der Waals surface area contributed by atoms with Crippen LogP contribution in [-0.4, -0.2) is 52.0 Å². The molecule has 4 heterocycles. The Morgan fingerprint density at radius 1 is 1.06 bits per heavy atom. The minimum atomic E-state index is -4.49. The van der Waals surface area contributed by atoms with Gasteiger partial charge in [-0.25, -0.2) is 14.9 Å². The van der Waals surface area contributed by atoms with Crippen LogP contribution in [0.2, 0.25) is 0 Å². The van der Waals surface area contributed by atoms with Crippen molar-refractivity contribution in [1.29, 1.82) is 0 Å². The van der Waals surface area contributed by atoms with Gasteiger partial charge in [0, 0.05) is 18.0 Å². The lowest BCUT2D eigenvalue weighted by Gasteiger charge is -2.10. The summed E-state index contributed by atoms with van der Waals surface area (Å²) in [5.74, 6) is -0.845. The molecule has 0 N–H and O–H groups in total. The number of imide groups is 1. The molecule has 0 bridgehead atoms. The molecule has 0 fully saturated rings. The lowest BCUT2D eigenvalue weighted by molar-refractivity contribution is -0.142. The molecular weight excluding hydrogens is 419 g/mol. The van der Waals surface area contributed by atoms with Crippen LogP contribution in [0, 0.1) is 0 Å². The number of carbonyl (C=O) groups is 2. The summed E-state index contributed by atoms with van der Waals surface area (Å²) in [6, 6.07) is 4.57. The second-order valence-corrected chi connectivity index (χ2v) is 6.49. The molecule has 12 heteroatoms. The topological polar surface area (TPSA) is 99.4 Å². The quantitative estimate of drug-likeness (QED) is 0.571. The Morgan fingerprint density at radius 3 is 2.52 bits per heavy atom. The fraction of sp³-hybridized carbons (Fsp3) is 0.211. The van der Waals surface area contributed by atoms with Crippen molar-refractivity contribution < 1.29 is 32.2 Å². The number of ether oxygens (including phenoxy) is 2. The Bertz CT molecular complexity index is 1190. The van der Waals surface area contributed by atoms with Crippen molar-refractivity contribution in [3.05, 3.63) is 48.0 Å². The number of hydrogen-bond acceptors (Lipinski definition) is 7. The van der Waals surface area contributed by atoms with E-state index in [1.165, 1.54) is 32.5 Å². The maximum atomic E-state index is 12.8. The van der Waals surface area contributed by atoms with Gasteiger partial charge in [0.05, 0.1) is 37.4 Å². The predicted octanol–water partition coefficient (Wildman–Crippen LogP) is 2.72. The van der Waals surface area contributed by atoms with E-state index < -0.39 is 24.5 Å².